The Morgan fingerprint density at radius 1 is 1.10 bits per heavy atom. The zero-order valence-corrected chi connectivity index (χ0v) is 12.8. The molecule has 1 aliphatic heterocycles. The Kier molecular flexibility index (Phi) is 3.69. The maximum Gasteiger partial charge on any atom is 0.243 e. The number of anilines is 1. The molecule has 1 saturated heterocycles. The standard InChI is InChI=1S/C15H21FN2O2S/c16-13-4-3-12(11-14(13)17)21(19,20)18-9-7-15(8-10-18)5-1-2-6-15/h3-4,11H,1-2,5-10,17H2. The van der Waals surface area contributed by atoms with Crippen molar-refractivity contribution < 1.29 is 12.8 Å². The first-order valence-corrected chi connectivity index (χ1v) is 8.92. The van der Waals surface area contributed by atoms with Gasteiger partial charge in [-0.2, -0.15) is 4.31 Å². The van der Waals surface area contributed by atoms with E-state index in [4.69, 9.17) is 5.73 Å². The second kappa shape index (κ2) is 5.25. The van der Waals surface area contributed by atoms with Crippen LogP contribution in [0.5, 0.6) is 0 Å². The highest BCUT2D eigenvalue weighted by atomic mass is 32.2. The summed E-state index contributed by atoms with van der Waals surface area (Å²) in [7, 11) is -3.56. The van der Waals surface area contributed by atoms with Crippen LogP contribution in [0.15, 0.2) is 23.1 Å². The van der Waals surface area contributed by atoms with Gasteiger partial charge in [0.05, 0.1) is 10.6 Å². The topological polar surface area (TPSA) is 63.4 Å². The van der Waals surface area contributed by atoms with Crippen molar-refractivity contribution in [1.82, 2.24) is 4.31 Å². The van der Waals surface area contributed by atoms with E-state index in [-0.39, 0.29) is 10.6 Å². The van der Waals surface area contributed by atoms with Gasteiger partial charge in [0.25, 0.3) is 0 Å². The summed E-state index contributed by atoms with van der Waals surface area (Å²) in [5, 5.41) is 0. The van der Waals surface area contributed by atoms with Gasteiger partial charge in [0.15, 0.2) is 0 Å². The summed E-state index contributed by atoms with van der Waals surface area (Å²) in [5.74, 6) is -0.586. The zero-order chi connectivity index (χ0) is 15.1. The summed E-state index contributed by atoms with van der Waals surface area (Å²) < 4.78 is 39.9. The molecular formula is C15H21FN2O2S. The molecule has 2 aliphatic rings. The minimum absolute atomic E-state index is 0.0868. The largest absolute Gasteiger partial charge is 0.396 e. The van der Waals surface area contributed by atoms with Gasteiger partial charge in [-0.3, -0.25) is 0 Å². The highest BCUT2D eigenvalue weighted by molar-refractivity contribution is 7.89. The molecule has 1 saturated carbocycles. The van der Waals surface area contributed by atoms with Crippen molar-refractivity contribution in [3.63, 3.8) is 0 Å². The molecule has 1 aromatic rings. The second-order valence-corrected chi connectivity index (χ2v) is 8.23. The number of hydrogen-bond donors (Lipinski definition) is 1. The zero-order valence-electron chi connectivity index (χ0n) is 12.0. The maximum absolute atomic E-state index is 13.2. The van der Waals surface area contributed by atoms with E-state index < -0.39 is 15.8 Å². The van der Waals surface area contributed by atoms with Crippen LogP contribution in [0.25, 0.3) is 0 Å². The Morgan fingerprint density at radius 2 is 1.71 bits per heavy atom. The molecule has 0 unspecified atom stereocenters. The van der Waals surface area contributed by atoms with Crippen LogP contribution in [-0.2, 0) is 10.0 Å². The van der Waals surface area contributed by atoms with Gasteiger partial charge in [-0.15, -0.1) is 0 Å². The van der Waals surface area contributed by atoms with Crippen molar-refractivity contribution in [1.29, 1.82) is 0 Å². The molecule has 4 nitrogen and oxygen atoms in total. The number of nitrogens with zero attached hydrogens (tertiary/aromatic N) is 1. The third-order valence-electron chi connectivity index (χ3n) is 5.05. The van der Waals surface area contributed by atoms with Gasteiger partial charge in [0.1, 0.15) is 5.82 Å². The normalized spacial score (nSPS) is 22.7. The van der Waals surface area contributed by atoms with Crippen molar-refractivity contribution in [3.8, 4) is 0 Å². The molecule has 2 N–H and O–H groups in total. The Bertz CT molecular complexity index is 629. The summed E-state index contributed by atoms with van der Waals surface area (Å²) in [6.07, 6.45) is 6.85. The van der Waals surface area contributed by atoms with Crippen LogP contribution in [0, 0.1) is 11.2 Å². The SMILES string of the molecule is Nc1cc(S(=O)(=O)N2CCC3(CCCC3)CC2)ccc1F. The molecule has 6 heteroatoms. The van der Waals surface area contributed by atoms with Crippen LogP contribution in [0.4, 0.5) is 10.1 Å². The number of halogens is 1. The van der Waals surface area contributed by atoms with Gasteiger partial charge in [0.2, 0.25) is 10.0 Å². The van der Waals surface area contributed by atoms with E-state index in [0.717, 1.165) is 18.9 Å². The quantitative estimate of drug-likeness (QED) is 0.854. The molecule has 1 aliphatic carbocycles. The minimum Gasteiger partial charge on any atom is -0.396 e. The highest BCUT2D eigenvalue weighted by Gasteiger charge is 2.40. The molecule has 3 rings (SSSR count). The smallest absolute Gasteiger partial charge is 0.243 e. The minimum atomic E-state index is -3.56. The molecule has 1 spiro atoms. The first-order chi connectivity index (χ1) is 9.93. The van der Waals surface area contributed by atoms with E-state index in [0.29, 0.717) is 18.5 Å². The fourth-order valence-electron chi connectivity index (χ4n) is 3.66. The number of rotatable bonds is 2. The lowest BCUT2D eigenvalue weighted by Crippen LogP contribution is -2.42. The summed E-state index contributed by atoms with van der Waals surface area (Å²) in [6, 6.07) is 3.62. The second-order valence-electron chi connectivity index (χ2n) is 6.29. The molecular weight excluding hydrogens is 291 g/mol. The average Bonchev–Trinajstić information content (AvgIpc) is 2.90. The van der Waals surface area contributed by atoms with E-state index >= 15 is 0 Å². The van der Waals surface area contributed by atoms with Crippen molar-refractivity contribution >= 4 is 15.7 Å². The van der Waals surface area contributed by atoms with Crippen molar-refractivity contribution in [3.05, 3.63) is 24.0 Å². The Morgan fingerprint density at radius 3 is 2.29 bits per heavy atom. The number of hydrogen-bond acceptors (Lipinski definition) is 3. The molecule has 1 aromatic carbocycles. The van der Waals surface area contributed by atoms with E-state index in [1.54, 1.807) is 0 Å². The third kappa shape index (κ3) is 2.66. The summed E-state index contributed by atoms with van der Waals surface area (Å²) in [5.41, 5.74) is 5.73. The van der Waals surface area contributed by atoms with Crippen LogP contribution < -0.4 is 5.73 Å². The van der Waals surface area contributed by atoms with Crippen molar-refractivity contribution in [2.24, 2.45) is 5.41 Å². The van der Waals surface area contributed by atoms with Crippen LogP contribution in [0.1, 0.15) is 38.5 Å². The molecule has 0 atom stereocenters. The van der Waals surface area contributed by atoms with E-state index in [9.17, 15) is 12.8 Å². The molecule has 21 heavy (non-hydrogen) atoms. The van der Waals surface area contributed by atoms with E-state index in [1.165, 1.54) is 42.1 Å². The lowest BCUT2D eigenvalue weighted by Gasteiger charge is -2.38. The van der Waals surface area contributed by atoms with E-state index in [2.05, 4.69) is 0 Å². The summed E-state index contributed by atoms with van der Waals surface area (Å²) in [4.78, 5) is 0.0868. The molecule has 0 aromatic heterocycles. The van der Waals surface area contributed by atoms with Crippen LogP contribution in [0.2, 0.25) is 0 Å². The van der Waals surface area contributed by atoms with Crippen molar-refractivity contribution in [2.45, 2.75) is 43.4 Å². The van der Waals surface area contributed by atoms with Gasteiger partial charge < -0.3 is 5.73 Å². The van der Waals surface area contributed by atoms with Gasteiger partial charge >= 0.3 is 0 Å². The average molecular weight is 312 g/mol. The molecule has 2 fully saturated rings. The van der Waals surface area contributed by atoms with E-state index in [1.807, 2.05) is 0 Å². The van der Waals surface area contributed by atoms with Crippen molar-refractivity contribution in [2.75, 3.05) is 18.8 Å². The fraction of sp³-hybridized carbons (Fsp3) is 0.600. The van der Waals surface area contributed by atoms with Crippen LogP contribution in [0.3, 0.4) is 0 Å². The summed E-state index contributed by atoms with van der Waals surface area (Å²) in [6.45, 7) is 1.11. The predicted molar refractivity (Wildman–Crippen MR) is 79.7 cm³/mol. The Labute approximate surface area is 125 Å². The number of sulfonamides is 1. The molecule has 116 valence electrons. The van der Waals surface area contributed by atoms with Crippen LogP contribution >= 0.6 is 0 Å². The molecule has 0 bridgehead atoms. The lowest BCUT2D eigenvalue weighted by molar-refractivity contribution is 0.160. The van der Waals surface area contributed by atoms with Gasteiger partial charge in [-0.05, 0) is 49.3 Å². The van der Waals surface area contributed by atoms with Gasteiger partial charge in [0, 0.05) is 13.1 Å². The first-order valence-electron chi connectivity index (χ1n) is 7.48. The molecule has 0 radical (unpaired) electrons. The lowest BCUT2D eigenvalue weighted by atomic mass is 9.78. The Hall–Kier alpha value is -1.14. The Balaban J connectivity index is 1.78. The third-order valence-corrected chi connectivity index (χ3v) is 6.95. The number of benzene rings is 1. The number of piperidine rings is 1. The maximum atomic E-state index is 13.2. The number of nitrogens with two attached hydrogens (primary N) is 1. The monoisotopic (exact) mass is 312 g/mol. The van der Waals surface area contributed by atoms with Crippen LogP contribution in [-0.4, -0.2) is 25.8 Å². The highest BCUT2D eigenvalue weighted by Crippen LogP contribution is 2.46. The predicted octanol–water partition coefficient (Wildman–Crippen LogP) is 2.75. The van der Waals surface area contributed by atoms with Gasteiger partial charge in [-0.25, -0.2) is 12.8 Å². The fourth-order valence-corrected chi connectivity index (χ4v) is 5.13. The number of nitrogen functional groups attached to an aromatic ring is 1. The summed E-state index contributed by atoms with van der Waals surface area (Å²) >= 11 is 0. The first kappa shape index (κ1) is 14.8. The molecule has 1 heterocycles. The van der Waals surface area contributed by atoms with Gasteiger partial charge in [-0.1, -0.05) is 12.8 Å². The molecule has 0 amide bonds.